The molecule has 0 aliphatic carbocycles. The Labute approximate surface area is 145 Å². The molecule has 5 nitrogen and oxygen atoms in total. The van der Waals surface area contributed by atoms with Crippen molar-refractivity contribution in [2.75, 3.05) is 11.9 Å². The summed E-state index contributed by atoms with van der Waals surface area (Å²) in [6, 6.07) is 11.7. The molecule has 0 aliphatic rings. The predicted molar refractivity (Wildman–Crippen MR) is 98.5 cm³/mol. The summed E-state index contributed by atoms with van der Waals surface area (Å²) in [5.41, 5.74) is 4.13. The van der Waals surface area contributed by atoms with Crippen molar-refractivity contribution >= 4 is 23.1 Å². The van der Waals surface area contributed by atoms with Crippen LogP contribution in [0.4, 0.5) is 10.5 Å². The molecule has 2 heterocycles. The quantitative estimate of drug-likeness (QED) is 0.736. The third-order valence-electron chi connectivity index (χ3n) is 3.81. The maximum Gasteiger partial charge on any atom is 0.319 e. The van der Waals surface area contributed by atoms with Crippen molar-refractivity contribution in [3.05, 3.63) is 59.1 Å². The van der Waals surface area contributed by atoms with Crippen LogP contribution >= 0.6 is 11.3 Å². The van der Waals surface area contributed by atoms with E-state index in [1.807, 2.05) is 66.5 Å². The lowest BCUT2D eigenvalue weighted by atomic mass is 10.1. The number of hydrogen-bond acceptors (Lipinski definition) is 3. The first-order valence-corrected chi connectivity index (χ1v) is 8.69. The Morgan fingerprint density at radius 2 is 2.08 bits per heavy atom. The smallest absolute Gasteiger partial charge is 0.319 e. The summed E-state index contributed by atoms with van der Waals surface area (Å²) in [4.78, 5) is 13.1. The normalized spacial score (nSPS) is 10.6. The molecular weight excluding hydrogens is 320 g/mol. The van der Waals surface area contributed by atoms with E-state index in [1.54, 1.807) is 11.3 Å². The van der Waals surface area contributed by atoms with E-state index in [0.29, 0.717) is 13.1 Å². The molecule has 0 bridgehead atoms. The molecule has 3 aromatic rings. The molecule has 1 aromatic carbocycles. The van der Waals surface area contributed by atoms with Gasteiger partial charge in [0, 0.05) is 18.4 Å². The lowest BCUT2D eigenvalue weighted by molar-refractivity contribution is 0.251. The molecule has 0 fully saturated rings. The second-order valence-corrected chi connectivity index (χ2v) is 6.57. The number of carbonyl (C=O) groups excluding carboxylic acids is 1. The minimum absolute atomic E-state index is 0.205. The van der Waals surface area contributed by atoms with Gasteiger partial charge in [-0.1, -0.05) is 12.1 Å². The second-order valence-electron chi connectivity index (χ2n) is 5.62. The van der Waals surface area contributed by atoms with Crippen LogP contribution in [0.25, 0.3) is 10.6 Å². The van der Waals surface area contributed by atoms with Gasteiger partial charge in [-0.3, -0.25) is 4.68 Å². The Morgan fingerprint density at radius 1 is 1.21 bits per heavy atom. The molecule has 3 rings (SSSR count). The van der Waals surface area contributed by atoms with E-state index >= 15 is 0 Å². The fourth-order valence-corrected chi connectivity index (χ4v) is 3.01. The number of thiophene rings is 1. The van der Waals surface area contributed by atoms with Crippen molar-refractivity contribution in [3.8, 4) is 10.6 Å². The average molecular weight is 340 g/mol. The van der Waals surface area contributed by atoms with E-state index in [0.717, 1.165) is 21.8 Å². The molecule has 124 valence electrons. The van der Waals surface area contributed by atoms with Crippen LogP contribution < -0.4 is 10.6 Å². The standard InChI is InChI=1S/C18H20N4OS/c1-13-5-6-15(12-14(13)2)20-18(23)19-8-10-22-9-7-16(21-22)17-4-3-11-24-17/h3-7,9,11-12H,8,10H2,1-2H3,(H2,19,20,23). The highest BCUT2D eigenvalue weighted by molar-refractivity contribution is 7.13. The summed E-state index contributed by atoms with van der Waals surface area (Å²) in [5.74, 6) is 0. The van der Waals surface area contributed by atoms with Gasteiger partial charge >= 0.3 is 6.03 Å². The zero-order chi connectivity index (χ0) is 16.9. The molecule has 2 N–H and O–H groups in total. The van der Waals surface area contributed by atoms with Crippen LogP contribution in [0.5, 0.6) is 0 Å². The maximum absolute atomic E-state index is 11.9. The van der Waals surface area contributed by atoms with Crippen LogP contribution in [0, 0.1) is 13.8 Å². The number of hydrogen-bond donors (Lipinski definition) is 2. The van der Waals surface area contributed by atoms with Gasteiger partial charge in [0.1, 0.15) is 5.69 Å². The zero-order valence-electron chi connectivity index (χ0n) is 13.7. The number of aromatic nitrogens is 2. The number of nitrogens with zero attached hydrogens (tertiary/aromatic N) is 2. The monoisotopic (exact) mass is 340 g/mol. The van der Waals surface area contributed by atoms with Crippen LogP contribution in [0.15, 0.2) is 48.0 Å². The van der Waals surface area contributed by atoms with Gasteiger partial charge in [0.25, 0.3) is 0 Å². The van der Waals surface area contributed by atoms with E-state index in [2.05, 4.69) is 15.7 Å². The summed E-state index contributed by atoms with van der Waals surface area (Å²) < 4.78 is 1.84. The molecule has 0 radical (unpaired) electrons. The number of aryl methyl sites for hydroxylation is 2. The average Bonchev–Trinajstić information content (AvgIpc) is 3.22. The molecule has 0 aliphatic heterocycles. The summed E-state index contributed by atoms with van der Waals surface area (Å²) in [6.45, 7) is 5.23. The Morgan fingerprint density at radius 3 is 2.83 bits per heavy atom. The number of benzene rings is 1. The van der Waals surface area contributed by atoms with E-state index in [1.165, 1.54) is 5.56 Å². The lowest BCUT2D eigenvalue weighted by Crippen LogP contribution is -2.31. The molecule has 0 atom stereocenters. The first kappa shape index (κ1) is 16.3. The van der Waals surface area contributed by atoms with Gasteiger partial charge in [-0.15, -0.1) is 11.3 Å². The number of amides is 2. The molecule has 24 heavy (non-hydrogen) atoms. The number of urea groups is 1. The molecule has 2 amide bonds. The molecule has 0 spiro atoms. The predicted octanol–water partition coefficient (Wildman–Crippen LogP) is 4.05. The fourth-order valence-electron chi connectivity index (χ4n) is 2.32. The Bertz CT molecular complexity index is 823. The van der Waals surface area contributed by atoms with Crippen LogP contribution in [0.3, 0.4) is 0 Å². The number of nitrogens with one attached hydrogen (secondary N) is 2. The molecule has 0 saturated carbocycles. The minimum atomic E-state index is -0.205. The van der Waals surface area contributed by atoms with Gasteiger partial charge in [0.2, 0.25) is 0 Å². The van der Waals surface area contributed by atoms with Crippen LogP contribution in [0.2, 0.25) is 0 Å². The Balaban J connectivity index is 1.47. The van der Waals surface area contributed by atoms with Gasteiger partial charge in [0.15, 0.2) is 0 Å². The summed E-state index contributed by atoms with van der Waals surface area (Å²) >= 11 is 1.67. The van der Waals surface area contributed by atoms with E-state index in [4.69, 9.17) is 0 Å². The largest absolute Gasteiger partial charge is 0.336 e. The molecule has 0 unspecified atom stereocenters. The third kappa shape index (κ3) is 4.02. The minimum Gasteiger partial charge on any atom is -0.336 e. The first-order chi connectivity index (χ1) is 11.6. The topological polar surface area (TPSA) is 59.0 Å². The SMILES string of the molecule is Cc1ccc(NC(=O)NCCn2ccc(-c3cccs3)n2)cc1C. The first-order valence-electron chi connectivity index (χ1n) is 7.81. The molecular formula is C18H20N4OS. The highest BCUT2D eigenvalue weighted by atomic mass is 32.1. The highest BCUT2D eigenvalue weighted by Gasteiger charge is 2.05. The van der Waals surface area contributed by atoms with Crippen LogP contribution in [-0.2, 0) is 6.54 Å². The third-order valence-corrected chi connectivity index (χ3v) is 4.70. The number of anilines is 1. The van der Waals surface area contributed by atoms with Crippen molar-refractivity contribution in [1.29, 1.82) is 0 Å². The van der Waals surface area contributed by atoms with Crippen molar-refractivity contribution in [2.45, 2.75) is 20.4 Å². The lowest BCUT2D eigenvalue weighted by Gasteiger charge is -2.09. The fraction of sp³-hybridized carbons (Fsp3) is 0.222. The summed E-state index contributed by atoms with van der Waals surface area (Å²) in [5, 5.41) is 12.2. The van der Waals surface area contributed by atoms with Gasteiger partial charge < -0.3 is 10.6 Å². The van der Waals surface area contributed by atoms with Crippen molar-refractivity contribution in [3.63, 3.8) is 0 Å². The number of carbonyl (C=O) groups is 1. The van der Waals surface area contributed by atoms with Gasteiger partial charge in [0.05, 0.1) is 11.4 Å². The maximum atomic E-state index is 11.9. The molecule has 2 aromatic heterocycles. The second kappa shape index (κ2) is 7.31. The van der Waals surface area contributed by atoms with Gasteiger partial charge in [-0.05, 0) is 54.6 Å². The van der Waals surface area contributed by atoms with Crippen molar-refractivity contribution in [1.82, 2.24) is 15.1 Å². The Kier molecular flexibility index (Phi) is 4.96. The van der Waals surface area contributed by atoms with Crippen molar-refractivity contribution in [2.24, 2.45) is 0 Å². The molecule has 6 heteroatoms. The van der Waals surface area contributed by atoms with Gasteiger partial charge in [-0.25, -0.2) is 4.79 Å². The summed E-state index contributed by atoms with van der Waals surface area (Å²) in [7, 11) is 0. The van der Waals surface area contributed by atoms with E-state index in [-0.39, 0.29) is 6.03 Å². The van der Waals surface area contributed by atoms with Crippen molar-refractivity contribution < 1.29 is 4.79 Å². The van der Waals surface area contributed by atoms with E-state index < -0.39 is 0 Å². The van der Waals surface area contributed by atoms with Crippen LogP contribution in [-0.4, -0.2) is 22.4 Å². The van der Waals surface area contributed by atoms with Gasteiger partial charge in [-0.2, -0.15) is 5.10 Å². The number of rotatable bonds is 5. The summed E-state index contributed by atoms with van der Waals surface area (Å²) in [6.07, 6.45) is 1.93. The van der Waals surface area contributed by atoms with E-state index in [9.17, 15) is 4.79 Å². The zero-order valence-corrected chi connectivity index (χ0v) is 14.6. The molecule has 0 saturated heterocycles. The Hall–Kier alpha value is -2.60. The van der Waals surface area contributed by atoms with Crippen LogP contribution in [0.1, 0.15) is 11.1 Å². The highest BCUT2D eigenvalue weighted by Crippen LogP contribution is 2.22.